The minimum Gasteiger partial charge on any atom is -0.480 e. The normalized spacial score (nSPS) is 13.8. The number of thiol groups is 1. The molecule has 0 saturated carbocycles. The standard InChI is InChI=1S/C27H36N6O4S/c34-27(35)24(32-26-22-9-1-2-10-23(22)29-19-30-26)13-17-33(16-6-18-38(36)37)15-4-3-8-21-12-11-20-7-5-14-28-25(20)31-21/h1-2,9-12,19,24,38H,3-8,13-18H2,(H,28,31)(H,34,35)(H,29,30,32). The second-order valence-corrected chi connectivity index (χ2v) is 10.7. The van der Waals surface area contributed by atoms with Crippen LogP contribution in [-0.4, -0.2) is 77.3 Å². The van der Waals surface area contributed by atoms with Crippen LogP contribution >= 0.6 is 0 Å². The van der Waals surface area contributed by atoms with Crippen LogP contribution in [0, 0.1) is 0 Å². The van der Waals surface area contributed by atoms with Crippen LogP contribution in [0.3, 0.4) is 0 Å². The van der Waals surface area contributed by atoms with Crippen molar-refractivity contribution in [1.29, 1.82) is 0 Å². The maximum absolute atomic E-state index is 12.1. The summed E-state index contributed by atoms with van der Waals surface area (Å²) < 4.78 is 22.1. The van der Waals surface area contributed by atoms with Crippen molar-refractivity contribution >= 4 is 39.2 Å². The summed E-state index contributed by atoms with van der Waals surface area (Å²) in [7, 11) is -2.43. The van der Waals surface area contributed by atoms with Crippen molar-refractivity contribution in [3.05, 3.63) is 54.0 Å². The van der Waals surface area contributed by atoms with Gasteiger partial charge in [-0.05, 0) is 81.8 Å². The Kier molecular flexibility index (Phi) is 10.2. The van der Waals surface area contributed by atoms with Gasteiger partial charge in [0.25, 0.3) is 0 Å². The highest BCUT2D eigenvalue weighted by atomic mass is 32.2. The van der Waals surface area contributed by atoms with Crippen molar-refractivity contribution in [2.24, 2.45) is 0 Å². The SMILES string of the molecule is O=C(O)C(CCN(CCCCc1ccc2c(n1)NCCC2)CCC[SH](=O)=O)Nc1ncnc2ccccc12. The first kappa shape index (κ1) is 27.7. The molecule has 204 valence electrons. The fraction of sp³-hybridized carbons (Fsp3) is 0.481. The molecule has 1 aliphatic heterocycles. The quantitative estimate of drug-likeness (QED) is 0.168. The van der Waals surface area contributed by atoms with E-state index in [0.717, 1.165) is 67.6 Å². The molecule has 10 nitrogen and oxygen atoms in total. The van der Waals surface area contributed by atoms with Crippen molar-refractivity contribution in [3.63, 3.8) is 0 Å². The molecule has 0 saturated heterocycles. The summed E-state index contributed by atoms with van der Waals surface area (Å²) in [4.78, 5) is 27.5. The second kappa shape index (κ2) is 14.0. The summed E-state index contributed by atoms with van der Waals surface area (Å²) >= 11 is 0. The molecular weight excluding hydrogens is 504 g/mol. The lowest BCUT2D eigenvalue weighted by atomic mass is 10.1. The molecule has 0 spiro atoms. The molecule has 0 radical (unpaired) electrons. The second-order valence-electron chi connectivity index (χ2n) is 9.61. The highest BCUT2D eigenvalue weighted by Gasteiger charge is 2.20. The Morgan fingerprint density at radius 1 is 1.08 bits per heavy atom. The molecule has 3 N–H and O–H groups in total. The molecule has 11 heteroatoms. The van der Waals surface area contributed by atoms with Crippen LogP contribution in [0.15, 0.2) is 42.7 Å². The highest BCUT2D eigenvalue weighted by Crippen LogP contribution is 2.21. The maximum Gasteiger partial charge on any atom is 0.326 e. The van der Waals surface area contributed by atoms with Crippen molar-refractivity contribution in [2.45, 2.75) is 51.0 Å². The Labute approximate surface area is 224 Å². The van der Waals surface area contributed by atoms with Crippen LogP contribution in [-0.2, 0) is 28.3 Å². The third-order valence-corrected chi connectivity index (χ3v) is 7.49. The molecule has 0 bridgehead atoms. The van der Waals surface area contributed by atoms with Gasteiger partial charge in [0.2, 0.25) is 0 Å². The predicted molar refractivity (Wildman–Crippen MR) is 149 cm³/mol. The zero-order chi connectivity index (χ0) is 26.7. The van der Waals surface area contributed by atoms with E-state index in [9.17, 15) is 18.3 Å². The third-order valence-electron chi connectivity index (χ3n) is 6.81. The zero-order valence-electron chi connectivity index (χ0n) is 21.5. The number of fused-ring (bicyclic) bond motifs is 2. The van der Waals surface area contributed by atoms with E-state index >= 15 is 0 Å². The number of carbonyl (C=O) groups is 1. The average Bonchev–Trinajstić information content (AvgIpc) is 2.92. The number of pyridine rings is 1. The first-order valence-electron chi connectivity index (χ1n) is 13.3. The topological polar surface area (TPSA) is 137 Å². The molecule has 0 aliphatic carbocycles. The Bertz CT molecular complexity index is 1290. The number of benzene rings is 1. The molecule has 1 atom stereocenters. The van der Waals surface area contributed by atoms with Gasteiger partial charge in [0.05, 0.1) is 5.52 Å². The van der Waals surface area contributed by atoms with Gasteiger partial charge in [-0.15, -0.1) is 0 Å². The van der Waals surface area contributed by atoms with Crippen molar-refractivity contribution in [2.75, 3.05) is 42.6 Å². The van der Waals surface area contributed by atoms with E-state index < -0.39 is 22.7 Å². The van der Waals surface area contributed by atoms with Crippen LogP contribution in [0.4, 0.5) is 11.6 Å². The van der Waals surface area contributed by atoms with E-state index in [1.165, 1.54) is 11.9 Å². The first-order chi connectivity index (χ1) is 18.5. The number of hydrogen-bond acceptors (Lipinski definition) is 9. The monoisotopic (exact) mass is 540 g/mol. The number of rotatable bonds is 15. The first-order valence-corrected chi connectivity index (χ1v) is 14.6. The predicted octanol–water partition coefficient (Wildman–Crippen LogP) is 2.96. The molecule has 0 amide bonds. The maximum atomic E-state index is 12.1. The Hall–Kier alpha value is -3.31. The smallest absolute Gasteiger partial charge is 0.326 e. The number of para-hydroxylation sites is 1. The molecule has 2 aromatic heterocycles. The summed E-state index contributed by atoms with van der Waals surface area (Å²) in [5.41, 5.74) is 3.09. The van der Waals surface area contributed by atoms with Gasteiger partial charge in [0, 0.05) is 29.9 Å². The molecular formula is C27H36N6O4S. The minimum absolute atomic E-state index is 0.130. The summed E-state index contributed by atoms with van der Waals surface area (Å²) in [6.45, 7) is 2.87. The van der Waals surface area contributed by atoms with Gasteiger partial charge in [-0.2, -0.15) is 0 Å². The molecule has 3 aromatic rings. The molecule has 0 fully saturated rings. The van der Waals surface area contributed by atoms with Gasteiger partial charge in [-0.1, -0.05) is 18.2 Å². The van der Waals surface area contributed by atoms with Crippen molar-refractivity contribution < 1.29 is 18.3 Å². The highest BCUT2D eigenvalue weighted by molar-refractivity contribution is 7.72. The van der Waals surface area contributed by atoms with Gasteiger partial charge in [0.1, 0.15) is 34.7 Å². The molecule has 3 heterocycles. The van der Waals surface area contributed by atoms with E-state index in [4.69, 9.17) is 4.98 Å². The van der Waals surface area contributed by atoms with Crippen molar-refractivity contribution in [1.82, 2.24) is 19.9 Å². The van der Waals surface area contributed by atoms with Crippen LogP contribution in [0.2, 0.25) is 0 Å². The number of unbranched alkanes of at least 4 members (excludes halogenated alkanes) is 1. The Balaban J connectivity index is 1.32. The van der Waals surface area contributed by atoms with E-state index in [-0.39, 0.29) is 5.75 Å². The lowest BCUT2D eigenvalue weighted by Gasteiger charge is -2.24. The van der Waals surface area contributed by atoms with Crippen LogP contribution in [0.25, 0.3) is 10.9 Å². The summed E-state index contributed by atoms with van der Waals surface area (Å²) in [5.74, 6) is 0.670. The lowest BCUT2D eigenvalue weighted by molar-refractivity contribution is -0.138. The number of aryl methyl sites for hydroxylation is 2. The molecule has 1 unspecified atom stereocenters. The summed E-state index contributed by atoms with van der Waals surface area (Å²) in [5, 5.41) is 17.1. The number of nitrogens with zero attached hydrogens (tertiary/aromatic N) is 4. The van der Waals surface area contributed by atoms with Crippen LogP contribution in [0.1, 0.15) is 43.4 Å². The van der Waals surface area contributed by atoms with E-state index in [1.54, 1.807) is 0 Å². The minimum atomic E-state index is -2.43. The average molecular weight is 541 g/mol. The number of carboxylic acids is 1. The van der Waals surface area contributed by atoms with Crippen molar-refractivity contribution in [3.8, 4) is 0 Å². The molecule has 1 aromatic carbocycles. The van der Waals surface area contributed by atoms with Gasteiger partial charge in [0.15, 0.2) is 0 Å². The Morgan fingerprint density at radius 2 is 1.92 bits per heavy atom. The molecule has 4 rings (SSSR count). The van der Waals surface area contributed by atoms with Crippen LogP contribution < -0.4 is 10.6 Å². The summed E-state index contributed by atoms with van der Waals surface area (Å²) in [6.07, 6.45) is 7.25. The van der Waals surface area contributed by atoms with Gasteiger partial charge in [-0.3, -0.25) is 0 Å². The fourth-order valence-corrected chi connectivity index (χ4v) is 5.16. The number of aromatic nitrogens is 3. The van der Waals surface area contributed by atoms with Crippen LogP contribution in [0.5, 0.6) is 0 Å². The Morgan fingerprint density at radius 3 is 2.76 bits per heavy atom. The summed E-state index contributed by atoms with van der Waals surface area (Å²) in [6, 6.07) is 10.9. The van der Waals surface area contributed by atoms with E-state index in [1.807, 2.05) is 24.3 Å². The van der Waals surface area contributed by atoms with Gasteiger partial charge < -0.3 is 20.6 Å². The number of nitrogens with one attached hydrogen (secondary N) is 2. The third kappa shape index (κ3) is 8.09. The molecule has 1 aliphatic rings. The van der Waals surface area contributed by atoms with Gasteiger partial charge >= 0.3 is 5.97 Å². The van der Waals surface area contributed by atoms with Gasteiger partial charge in [-0.25, -0.2) is 28.2 Å². The lowest BCUT2D eigenvalue weighted by Crippen LogP contribution is -2.36. The number of anilines is 2. The number of carboxylic acid groups (broad SMARTS) is 1. The number of aliphatic carboxylic acids is 1. The molecule has 38 heavy (non-hydrogen) atoms. The number of hydrogen-bond donors (Lipinski definition) is 4. The fourth-order valence-electron chi connectivity index (χ4n) is 4.76. The largest absolute Gasteiger partial charge is 0.480 e. The van der Waals surface area contributed by atoms with E-state index in [0.29, 0.717) is 31.7 Å². The van der Waals surface area contributed by atoms with E-state index in [2.05, 4.69) is 37.6 Å². The zero-order valence-corrected chi connectivity index (χ0v) is 22.4.